The van der Waals surface area contributed by atoms with E-state index in [9.17, 15) is 26.7 Å². The average Bonchev–Trinajstić information content (AvgIpc) is 3.57. The standard InChI is InChI=1S/C19H20BrF4N3O4.C7H12FN/c1-18(2,3)31-17(28)27-6-5-9(8-27)30-15-10-7-11(19(22,23)24)12(20)13(21)14(10)25-16(26-15)29-4;8-6-4-7-2-1-3-9(7)5-6/h7,9H,5-6,8H2,1-4H3;6-7H,1-5H2. The Kier molecular flexibility index (Phi) is 8.98. The van der Waals surface area contributed by atoms with Crippen LogP contribution in [0, 0.1) is 5.82 Å². The Hall–Kier alpha value is -2.48. The van der Waals surface area contributed by atoms with Crippen molar-refractivity contribution < 1.29 is 41.0 Å². The number of benzene rings is 1. The maximum atomic E-state index is 14.7. The first-order valence-electron chi connectivity index (χ1n) is 13.0. The molecule has 5 rings (SSSR count). The van der Waals surface area contributed by atoms with E-state index in [1.165, 1.54) is 24.9 Å². The number of carbonyl (C=O) groups excluding carboxylic acids is 1. The number of hydrogen-bond donors (Lipinski definition) is 0. The molecule has 3 saturated heterocycles. The molecular weight excluding hydrogens is 607 g/mol. The van der Waals surface area contributed by atoms with Crippen LogP contribution in [0.3, 0.4) is 0 Å². The Labute approximate surface area is 237 Å². The highest BCUT2D eigenvalue weighted by Gasteiger charge is 2.37. The number of ether oxygens (including phenoxy) is 3. The second-order valence-electron chi connectivity index (χ2n) is 11.0. The minimum absolute atomic E-state index is 0.133. The van der Waals surface area contributed by atoms with E-state index in [4.69, 9.17) is 14.2 Å². The molecule has 14 heteroatoms. The highest BCUT2D eigenvalue weighted by Crippen LogP contribution is 2.41. The molecular formula is C26H32BrF5N4O4. The predicted octanol–water partition coefficient (Wildman–Crippen LogP) is 6.14. The molecule has 0 radical (unpaired) electrons. The van der Waals surface area contributed by atoms with Crippen molar-refractivity contribution in [1.82, 2.24) is 19.8 Å². The van der Waals surface area contributed by atoms with Gasteiger partial charge in [-0.25, -0.2) is 13.6 Å². The number of alkyl halides is 4. The van der Waals surface area contributed by atoms with Gasteiger partial charge < -0.3 is 19.1 Å². The van der Waals surface area contributed by atoms with E-state index in [1.807, 2.05) is 0 Å². The normalized spacial score (nSPS) is 23.1. The molecule has 3 fully saturated rings. The zero-order valence-electron chi connectivity index (χ0n) is 22.7. The van der Waals surface area contributed by atoms with E-state index in [-0.39, 0.29) is 29.3 Å². The summed E-state index contributed by atoms with van der Waals surface area (Å²) in [6, 6.07) is 1.06. The van der Waals surface area contributed by atoms with Crippen LogP contribution in [0.15, 0.2) is 10.5 Å². The summed E-state index contributed by atoms with van der Waals surface area (Å²) in [5.41, 5.74) is -2.29. The lowest BCUT2D eigenvalue weighted by Gasteiger charge is -2.24. The van der Waals surface area contributed by atoms with Crippen LogP contribution < -0.4 is 9.47 Å². The van der Waals surface area contributed by atoms with Crippen LogP contribution in [0.4, 0.5) is 26.7 Å². The minimum Gasteiger partial charge on any atom is -0.472 e. The van der Waals surface area contributed by atoms with Gasteiger partial charge in [0.05, 0.1) is 29.1 Å². The van der Waals surface area contributed by atoms with E-state index in [2.05, 4.69) is 30.8 Å². The third kappa shape index (κ3) is 7.04. The van der Waals surface area contributed by atoms with Gasteiger partial charge in [0.1, 0.15) is 23.4 Å². The lowest BCUT2D eigenvalue weighted by atomic mass is 10.1. The first-order chi connectivity index (χ1) is 18.7. The Morgan fingerprint density at radius 2 is 1.85 bits per heavy atom. The zero-order chi connectivity index (χ0) is 29.4. The van der Waals surface area contributed by atoms with E-state index >= 15 is 0 Å². The Morgan fingerprint density at radius 1 is 1.12 bits per heavy atom. The second-order valence-corrected chi connectivity index (χ2v) is 11.8. The molecule has 8 nitrogen and oxygen atoms in total. The van der Waals surface area contributed by atoms with Gasteiger partial charge in [-0.3, -0.25) is 4.90 Å². The van der Waals surface area contributed by atoms with Crippen molar-refractivity contribution in [3.05, 3.63) is 21.9 Å². The number of hydrogen-bond acceptors (Lipinski definition) is 7. The monoisotopic (exact) mass is 638 g/mol. The number of halogens is 6. The molecule has 3 unspecified atom stereocenters. The van der Waals surface area contributed by atoms with E-state index in [0.717, 1.165) is 19.0 Å². The van der Waals surface area contributed by atoms with Crippen molar-refractivity contribution >= 4 is 32.9 Å². The lowest BCUT2D eigenvalue weighted by molar-refractivity contribution is -0.138. The molecule has 3 aliphatic heterocycles. The van der Waals surface area contributed by atoms with Gasteiger partial charge in [-0.2, -0.15) is 23.1 Å². The fraction of sp³-hybridized carbons (Fsp3) is 0.654. The predicted molar refractivity (Wildman–Crippen MR) is 140 cm³/mol. The number of fused-ring (bicyclic) bond motifs is 2. The van der Waals surface area contributed by atoms with Crippen molar-refractivity contribution in [3.8, 4) is 11.9 Å². The topological polar surface area (TPSA) is 77.0 Å². The molecule has 0 bridgehead atoms. The van der Waals surface area contributed by atoms with Crippen molar-refractivity contribution in [2.24, 2.45) is 0 Å². The number of rotatable bonds is 3. The van der Waals surface area contributed by atoms with E-state index < -0.39 is 46.0 Å². The number of carbonyl (C=O) groups is 1. The largest absolute Gasteiger partial charge is 0.472 e. The summed E-state index contributed by atoms with van der Waals surface area (Å²) < 4.78 is 82.6. The molecule has 1 aromatic heterocycles. The highest BCUT2D eigenvalue weighted by atomic mass is 79.9. The third-order valence-electron chi connectivity index (χ3n) is 6.84. The first kappa shape index (κ1) is 30.5. The molecule has 3 aliphatic rings. The second kappa shape index (κ2) is 11.8. The molecule has 1 amide bonds. The summed E-state index contributed by atoms with van der Waals surface area (Å²) in [7, 11) is 1.24. The summed E-state index contributed by atoms with van der Waals surface area (Å²) in [4.78, 5) is 23.7. The van der Waals surface area contributed by atoms with Crippen LogP contribution in [0.5, 0.6) is 11.9 Å². The van der Waals surface area contributed by atoms with Gasteiger partial charge >= 0.3 is 18.3 Å². The van der Waals surface area contributed by atoms with Gasteiger partial charge in [-0.05, 0) is 68.6 Å². The SMILES string of the molecule is COc1nc(OC2CCN(C(=O)OC(C)(C)C)C2)c2cc(C(F)(F)F)c(Br)c(F)c2n1.FC1CC2CCCN2C1. The molecule has 0 spiro atoms. The molecule has 1 aromatic carbocycles. The summed E-state index contributed by atoms with van der Waals surface area (Å²) in [5, 5.41) is -0.260. The van der Waals surface area contributed by atoms with Crippen molar-refractivity contribution in [1.29, 1.82) is 0 Å². The zero-order valence-corrected chi connectivity index (χ0v) is 24.2. The van der Waals surface area contributed by atoms with Gasteiger partial charge in [0.2, 0.25) is 5.88 Å². The molecule has 222 valence electrons. The van der Waals surface area contributed by atoms with Crippen molar-refractivity contribution in [2.75, 3.05) is 33.3 Å². The van der Waals surface area contributed by atoms with Crippen LogP contribution in [-0.4, -0.2) is 83.1 Å². The molecule has 40 heavy (non-hydrogen) atoms. The average molecular weight is 639 g/mol. The Balaban J connectivity index is 0.000000343. The molecule has 3 atom stereocenters. The van der Waals surface area contributed by atoms with Crippen LogP contribution in [0.2, 0.25) is 0 Å². The van der Waals surface area contributed by atoms with Gasteiger partial charge in [0.25, 0.3) is 0 Å². The number of amides is 1. The number of aromatic nitrogens is 2. The van der Waals surface area contributed by atoms with E-state index in [0.29, 0.717) is 25.6 Å². The van der Waals surface area contributed by atoms with Crippen LogP contribution in [-0.2, 0) is 10.9 Å². The van der Waals surface area contributed by atoms with Gasteiger partial charge in [0.15, 0.2) is 5.82 Å². The van der Waals surface area contributed by atoms with Crippen molar-refractivity contribution in [2.45, 2.75) is 76.5 Å². The molecule has 2 aromatic rings. The molecule has 4 heterocycles. The van der Waals surface area contributed by atoms with Gasteiger partial charge in [0, 0.05) is 25.6 Å². The summed E-state index contributed by atoms with van der Waals surface area (Å²) >= 11 is 2.65. The Morgan fingerprint density at radius 3 is 2.48 bits per heavy atom. The van der Waals surface area contributed by atoms with Gasteiger partial charge in [-0.15, -0.1) is 0 Å². The summed E-state index contributed by atoms with van der Waals surface area (Å²) in [6.07, 6.45) is -2.73. The van der Waals surface area contributed by atoms with Crippen LogP contribution >= 0.6 is 15.9 Å². The number of methoxy groups -OCH3 is 1. The maximum Gasteiger partial charge on any atom is 0.417 e. The number of likely N-dealkylation sites (tertiary alicyclic amines) is 1. The van der Waals surface area contributed by atoms with Crippen LogP contribution in [0.25, 0.3) is 10.9 Å². The first-order valence-corrected chi connectivity index (χ1v) is 13.8. The minimum atomic E-state index is -4.81. The van der Waals surface area contributed by atoms with Crippen LogP contribution in [0.1, 0.15) is 52.0 Å². The number of nitrogens with zero attached hydrogens (tertiary/aromatic N) is 4. The fourth-order valence-electron chi connectivity index (χ4n) is 5.05. The quantitative estimate of drug-likeness (QED) is 0.374. The summed E-state index contributed by atoms with van der Waals surface area (Å²) in [6.45, 7) is 7.52. The molecule has 0 aliphatic carbocycles. The van der Waals surface area contributed by atoms with Crippen molar-refractivity contribution in [3.63, 3.8) is 0 Å². The fourth-order valence-corrected chi connectivity index (χ4v) is 5.57. The third-order valence-corrected chi connectivity index (χ3v) is 7.61. The highest BCUT2D eigenvalue weighted by molar-refractivity contribution is 9.10. The molecule has 0 saturated carbocycles. The smallest absolute Gasteiger partial charge is 0.417 e. The van der Waals surface area contributed by atoms with Gasteiger partial charge in [-0.1, -0.05) is 0 Å². The lowest BCUT2D eigenvalue weighted by Crippen LogP contribution is -2.36. The van der Waals surface area contributed by atoms with E-state index in [1.54, 1.807) is 20.8 Å². The molecule has 0 N–H and O–H groups in total. The summed E-state index contributed by atoms with van der Waals surface area (Å²) in [5.74, 6) is -1.48. The maximum absolute atomic E-state index is 14.7. The Bertz CT molecular complexity index is 1230.